The first-order chi connectivity index (χ1) is 12.9. The summed E-state index contributed by atoms with van der Waals surface area (Å²) >= 11 is 0. The first kappa shape index (κ1) is 18.6. The molecular weight excluding hydrogens is 342 g/mol. The first-order valence-electron chi connectivity index (χ1n) is 9.09. The van der Waals surface area contributed by atoms with Crippen molar-refractivity contribution < 1.29 is 14.7 Å². The minimum Gasteiger partial charge on any atom is -0.478 e. The highest BCUT2D eigenvalue weighted by molar-refractivity contribution is 6.02. The van der Waals surface area contributed by atoms with Gasteiger partial charge in [-0.25, -0.2) is 9.78 Å². The Morgan fingerprint density at radius 2 is 1.85 bits per heavy atom. The molecule has 2 N–H and O–H groups in total. The molecule has 1 amide bonds. The van der Waals surface area contributed by atoms with E-state index in [4.69, 9.17) is 0 Å². The molecule has 27 heavy (non-hydrogen) atoms. The number of aromatic amines is 1. The Morgan fingerprint density at radius 3 is 2.44 bits per heavy atom. The highest BCUT2D eigenvalue weighted by Gasteiger charge is 2.16. The first-order valence-corrected chi connectivity index (χ1v) is 9.09. The topological polar surface area (TPSA) is 86.3 Å². The molecule has 0 saturated carbocycles. The van der Waals surface area contributed by atoms with Crippen molar-refractivity contribution in [1.82, 2.24) is 9.97 Å². The van der Waals surface area contributed by atoms with E-state index in [1.807, 2.05) is 51.1 Å². The average Bonchev–Trinajstić information content (AvgIpc) is 3.08. The molecule has 0 saturated heterocycles. The van der Waals surface area contributed by atoms with Crippen LogP contribution in [-0.2, 0) is 4.79 Å². The Labute approximate surface area is 157 Å². The zero-order chi connectivity index (χ0) is 19.6. The minimum atomic E-state index is -0.995. The number of carbonyl (C=O) groups is 2. The van der Waals surface area contributed by atoms with Gasteiger partial charge >= 0.3 is 5.97 Å². The summed E-state index contributed by atoms with van der Waals surface area (Å²) < 4.78 is 0. The second-order valence-electron chi connectivity index (χ2n) is 6.55. The molecule has 2 aromatic carbocycles. The number of carbonyl (C=O) groups excluding carboxylic acids is 1. The molecule has 1 heterocycles. The number of aromatic nitrogens is 2. The van der Waals surface area contributed by atoms with Gasteiger partial charge in [-0.15, -0.1) is 0 Å². The van der Waals surface area contributed by atoms with Crippen LogP contribution in [0.15, 0.2) is 36.4 Å². The van der Waals surface area contributed by atoms with E-state index >= 15 is 0 Å². The predicted molar refractivity (Wildman–Crippen MR) is 106 cm³/mol. The van der Waals surface area contributed by atoms with Gasteiger partial charge in [0.25, 0.3) is 0 Å². The highest BCUT2D eigenvalue weighted by atomic mass is 16.4. The van der Waals surface area contributed by atoms with Crippen LogP contribution in [0, 0.1) is 6.92 Å². The Morgan fingerprint density at radius 1 is 1.15 bits per heavy atom. The number of carboxylic acids is 1. The second kappa shape index (κ2) is 7.61. The third-order valence-electron chi connectivity index (χ3n) is 4.46. The van der Waals surface area contributed by atoms with Gasteiger partial charge in [0.15, 0.2) is 0 Å². The Kier molecular flexibility index (Phi) is 5.26. The lowest BCUT2D eigenvalue weighted by atomic mass is 10.1. The lowest BCUT2D eigenvalue weighted by Crippen LogP contribution is -2.30. The van der Waals surface area contributed by atoms with Gasteiger partial charge in [0.1, 0.15) is 11.3 Å². The standard InChI is InChI=1S/C21H23N3O3/c1-4-10-24(18(25)5-2)15-8-6-14(7-9-15)20-22-17-12-13(3)11-16(21(26)27)19(17)23-20/h6-9,11-12H,4-5,10H2,1-3H3,(H,22,23)(H,26,27). The number of hydrogen-bond donors (Lipinski definition) is 2. The van der Waals surface area contributed by atoms with Gasteiger partial charge in [0.05, 0.1) is 11.1 Å². The van der Waals surface area contributed by atoms with Gasteiger partial charge < -0.3 is 15.0 Å². The zero-order valence-electron chi connectivity index (χ0n) is 15.7. The summed E-state index contributed by atoms with van der Waals surface area (Å²) in [6.45, 7) is 6.43. The van der Waals surface area contributed by atoms with E-state index in [2.05, 4.69) is 9.97 Å². The predicted octanol–water partition coefficient (Wildman–Crippen LogP) is 4.39. The molecule has 6 nitrogen and oxygen atoms in total. The molecule has 140 valence electrons. The van der Waals surface area contributed by atoms with Crippen LogP contribution in [0.2, 0.25) is 0 Å². The number of carboxylic acid groups (broad SMARTS) is 1. The van der Waals surface area contributed by atoms with E-state index in [0.29, 0.717) is 29.8 Å². The molecule has 0 bridgehead atoms. The van der Waals surface area contributed by atoms with E-state index in [1.165, 1.54) is 0 Å². The van der Waals surface area contributed by atoms with Crippen LogP contribution in [0.5, 0.6) is 0 Å². The maximum Gasteiger partial charge on any atom is 0.337 e. The normalized spacial score (nSPS) is 10.9. The largest absolute Gasteiger partial charge is 0.478 e. The quantitative estimate of drug-likeness (QED) is 0.678. The van der Waals surface area contributed by atoms with Crippen molar-refractivity contribution in [2.75, 3.05) is 11.4 Å². The summed E-state index contributed by atoms with van der Waals surface area (Å²) in [6.07, 6.45) is 1.34. The summed E-state index contributed by atoms with van der Waals surface area (Å²) in [5.74, 6) is -0.297. The Balaban J connectivity index is 1.99. The number of nitrogens with zero attached hydrogens (tertiary/aromatic N) is 2. The van der Waals surface area contributed by atoms with Crippen molar-refractivity contribution in [3.8, 4) is 11.4 Å². The lowest BCUT2D eigenvalue weighted by molar-refractivity contribution is -0.118. The maximum atomic E-state index is 12.2. The fourth-order valence-corrected chi connectivity index (χ4v) is 3.17. The van der Waals surface area contributed by atoms with Gasteiger partial charge in [0, 0.05) is 24.2 Å². The third-order valence-corrected chi connectivity index (χ3v) is 4.46. The second-order valence-corrected chi connectivity index (χ2v) is 6.55. The molecule has 0 fully saturated rings. The van der Waals surface area contributed by atoms with Crippen LogP contribution >= 0.6 is 0 Å². The molecule has 3 aromatic rings. The van der Waals surface area contributed by atoms with Gasteiger partial charge in [0.2, 0.25) is 5.91 Å². The number of nitrogens with one attached hydrogen (secondary N) is 1. The molecule has 0 aliphatic rings. The number of aryl methyl sites for hydroxylation is 1. The molecule has 3 rings (SSSR count). The van der Waals surface area contributed by atoms with Crippen molar-refractivity contribution in [3.05, 3.63) is 47.5 Å². The van der Waals surface area contributed by atoms with Crippen LogP contribution in [0.1, 0.15) is 42.6 Å². The summed E-state index contributed by atoms with van der Waals surface area (Å²) in [6, 6.07) is 11.1. The van der Waals surface area contributed by atoms with Crippen molar-refractivity contribution in [1.29, 1.82) is 0 Å². The van der Waals surface area contributed by atoms with E-state index in [0.717, 1.165) is 23.2 Å². The van der Waals surface area contributed by atoms with E-state index in [1.54, 1.807) is 11.0 Å². The molecule has 6 heteroatoms. The van der Waals surface area contributed by atoms with Crippen molar-refractivity contribution in [2.45, 2.75) is 33.6 Å². The number of rotatable bonds is 6. The zero-order valence-corrected chi connectivity index (χ0v) is 15.7. The van der Waals surface area contributed by atoms with Crippen LogP contribution in [0.4, 0.5) is 5.69 Å². The fourth-order valence-electron chi connectivity index (χ4n) is 3.17. The van der Waals surface area contributed by atoms with Crippen molar-refractivity contribution in [2.24, 2.45) is 0 Å². The van der Waals surface area contributed by atoms with Crippen LogP contribution < -0.4 is 4.90 Å². The number of hydrogen-bond acceptors (Lipinski definition) is 3. The minimum absolute atomic E-state index is 0.0925. The number of benzene rings is 2. The fraction of sp³-hybridized carbons (Fsp3) is 0.286. The van der Waals surface area contributed by atoms with Gasteiger partial charge in [-0.3, -0.25) is 4.79 Å². The molecule has 1 aromatic heterocycles. The SMILES string of the molecule is CCCN(C(=O)CC)c1ccc(-c2nc3c(C(=O)O)cc(C)cc3[nH]2)cc1. The van der Waals surface area contributed by atoms with E-state index in [9.17, 15) is 14.7 Å². The van der Waals surface area contributed by atoms with E-state index < -0.39 is 5.97 Å². The van der Waals surface area contributed by atoms with Crippen LogP contribution in [0.3, 0.4) is 0 Å². The lowest BCUT2D eigenvalue weighted by Gasteiger charge is -2.21. The summed E-state index contributed by atoms with van der Waals surface area (Å²) in [5, 5.41) is 9.42. The smallest absolute Gasteiger partial charge is 0.337 e. The van der Waals surface area contributed by atoms with Crippen LogP contribution in [0.25, 0.3) is 22.4 Å². The van der Waals surface area contributed by atoms with Crippen molar-refractivity contribution in [3.63, 3.8) is 0 Å². The molecule has 0 aliphatic heterocycles. The van der Waals surface area contributed by atoms with E-state index in [-0.39, 0.29) is 11.5 Å². The molecule has 0 radical (unpaired) electrons. The average molecular weight is 365 g/mol. The summed E-state index contributed by atoms with van der Waals surface area (Å²) in [5.41, 5.74) is 3.88. The van der Waals surface area contributed by atoms with Gasteiger partial charge in [-0.05, 0) is 55.3 Å². The molecular formula is C21H23N3O3. The third kappa shape index (κ3) is 3.69. The number of anilines is 1. The number of fused-ring (bicyclic) bond motifs is 1. The molecule has 0 atom stereocenters. The number of aromatic carboxylic acids is 1. The Bertz CT molecular complexity index is 990. The number of H-pyrrole nitrogens is 1. The van der Waals surface area contributed by atoms with Crippen molar-refractivity contribution >= 4 is 28.6 Å². The highest BCUT2D eigenvalue weighted by Crippen LogP contribution is 2.26. The van der Waals surface area contributed by atoms with Gasteiger partial charge in [-0.1, -0.05) is 13.8 Å². The van der Waals surface area contributed by atoms with Gasteiger partial charge in [-0.2, -0.15) is 0 Å². The number of imidazole rings is 1. The molecule has 0 aliphatic carbocycles. The maximum absolute atomic E-state index is 12.2. The number of amides is 1. The molecule has 0 spiro atoms. The van der Waals surface area contributed by atoms with Crippen LogP contribution in [-0.4, -0.2) is 33.5 Å². The molecule has 0 unspecified atom stereocenters. The monoisotopic (exact) mass is 365 g/mol. The summed E-state index contributed by atoms with van der Waals surface area (Å²) in [4.78, 5) is 33.1. The Hall–Kier alpha value is -3.15. The summed E-state index contributed by atoms with van der Waals surface area (Å²) in [7, 11) is 0.